The van der Waals surface area contributed by atoms with Crippen LogP contribution in [0.2, 0.25) is 0 Å². The minimum Gasteiger partial charge on any atom is -0.386 e. The van der Waals surface area contributed by atoms with Gasteiger partial charge in [0.25, 0.3) is 0 Å². The smallest absolute Gasteiger partial charge is 0.246 e. The number of aromatic nitrogens is 2. The molecule has 0 spiro atoms. The molecule has 0 fully saturated rings. The average Bonchev–Trinajstić information content (AvgIpc) is 2.65. The highest BCUT2D eigenvalue weighted by Crippen LogP contribution is 2.38. The molecule has 2 rings (SSSR count). The number of anilines is 1. The van der Waals surface area contributed by atoms with Crippen molar-refractivity contribution in [2.24, 2.45) is 5.73 Å². The van der Waals surface area contributed by atoms with Gasteiger partial charge in [-0.3, -0.25) is 4.79 Å². The predicted octanol–water partition coefficient (Wildman–Crippen LogP) is 3.69. The summed E-state index contributed by atoms with van der Waals surface area (Å²) in [6.07, 6.45) is 0. The first kappa shape index (κ1) is 24.8. The molecule has 1 aromatic carbocycles. The number of nitrogens with one attached hydrogen (secondary N) is 1. The number of thioether (sulfide) groups is 1. The standard InChI is InChI=1S/C22H29FN4O3S/c1-12(19(24)28)20(25-18-10-9-17(26-27-18)22(5,6)30)31-13(2)15-8-7-14(11-16(15)23)21(3,4)29/h7-11,13,29-30H,1-6H3,(H2,24,28)(H,25,27)/b20-12+. The van der Waals surface area contributed by atoms with Gasteiger partial charge in [0, 0.05) is 16.4 Å². The fourth-order valence-corrected chi connectivity index (χ4v) is 3.76. The lowest BCUT2D eigenvalue weighted by molar-refractivity contribution is -0.114. The molecule has 1 aromatic heterocycles. The molecule has 168 valence electrons. The summed E-state index contributed by atoms with van der Waals surface area (Å²) in [7, 11) is 0. The lowest BCUT2D eigenvalue weighted by Crippen LogP contribution is -2.19. The molecular weight excluding hydrogens is 419 g/mol. The van der Waals surface area contributed by atoms with Crippen LogP contribution in [0.3, 0.4) is 0 Å². The van der Waals surface area contributed by atoms with Crippen molar-refractivity contribution in [1.29, 1.82) is 0 Å². The number of carbonyl (C=O) groups excluding carboxylic acids is 1. The van der Waals surface area contributed by atoms with Crippen LogP contribution in [-0.4, -0.2) is 26.3 Å². The van der Waals surface area contributed by atoms with Crippen molar-refractivity contribution in [2.45, 2.75) is 58.0 Å². The average molecular weight is 449 g/mol. The summed E-state index contributed by atoms with van der Waals surface area (Å²) in [5.41, 5.74) is 4.71. The Morgan fingerprint density at radius 2 is 1.77 bits per heavy atom. The third-order valence-corrected chi connectivity index (χ3v) is 5.93. The van der Waals surface area contributed by atoms with Gasteiger partial charge in [-0.2, -0.15) is 5.10 Å². The maximum atomic E-state index is 14.7. The van der Waals surface area contributed by atoms with E-state index in [1.807, 2.05) is 0 Å². The van der Waals surface area contributed by atoms with E-state index < -0.39 is 22.9 Å². The van der Waals surface area contributed by atoms with Crippen molar-refractivity contribution in [3.8, 4) is 0 Å². The zero-order valence-corrected chi connectivity index (χ0v) is 19.3. The molecule has 0 radical (unpaired) electrons. The topological polar surface area (TPSA) is 121 Å². The Morgan fingerprint density at radius 3 is 2.23 bits per heavy atom. The number of rotatable bonds is 8. The Hall–Kier alpha value is -2.49. The molecule has 2 aromatic rings. The van der Waals surface area contributed by atoms with Gasteiger partial charge in [-0.1, -0.05) is 23.9 Å². The molecular formula is C22H29FN4O3S. The molecule has 1 heterocycles. The van der Waals surface area contributed by atoms with Gasteiger partial charge in [-0.15, -0.1) is 5.10 Å². The summed E-state index contributed by atoms with van der Waals surface area (Å²) in [6, 6.07) is 7.85. The van der Waals surface area contributed by atoms with E-state index in [0.29, 0.717) is 27.7 Å². The van der Waals surface area contributed by atoms with Crippen LogP contribution in [0.5, 0.6) is 0 Å². The monoisotopic (exact) mass is 448 g/mol. The number of nitrogens with zero attached hydrogens (tertiary/aromatic N) is 2. The van der Waals surface area contributed by atoms with E-state index >= 15 is 0 Å². The Morgan fingerprint density at radius 1 is 1.13 bits per heavy atom. The second-order valence-electron chi connectivity index (χ2n) is 8.36. The summed E-state index contributed by atoms with van der Waals surface area (Å²) in [6.45, 7) is 9.74. The van der Waals surface area contributed by atoms with E-state index in [9.17, 15) is 19.4 Å². The molecule has 0 saturated carbocycles. The van der Waals surface area contributed by atoms with E-state index in [1.165, 1.54) is 17.8 Å². The van der Waals surface area contributed by atoms with Crippen molar-refractivity contribution in [1.82, 2.24) is 10.2 Å². The maximum Gasteiger partial charge on any atom is 0.246 e. The number of nitrogens with two attached hydrogens (primary N) is 1. The summed E-state index contributed by atoms with van der Waals surface area (Å²) in [5, 5.41) is 31.2. The highest BCUT2D eigenvalue weighted by atomic mass is 32.2. The third-order valence-electron chi connectivity index (χ3n) is 4.68. The zero-order chi connectivity index (χ0) is 23.6. The van der Waals surface area contributed by atoms with Crippen LogP contribution in [0.15, 0.2) is 40.9 Å². The largest absolute Gasteiger partial charge is 0.386 e. The first-order valence-electron chi connectivity index (χ1n) is 9.73. The quantitative estimate of drug-likeness (QED) is 0.454. The normalized spacial score (nSPS) is 14.1. The molecule has 1 amide bonds. The number of benzene rings is 1. The molecule has 0 aliphatic heterocycles. The maximum absolute atomic E-state index is 14.7. The van der Waals surface area contributed by atoms with Crippen LogP contribution < -0.4 is 11.1 Å². The molecule has 0 aliphatic carbocycles. The van der Waals surface area contributed by atoms with Gasteiger partial charge in [-0.05, 0) is 65.3 Å². The molecule has 0 saturated heterocycles. The van der Waals surface area contributed by atoms with E-state index in [4.69, 9.17) is 5.73 Å². The minimum absolute atomic E-state index is 0.263. The highest BCUT2D eigenvalue weighted by Gasteiger charge is 2.22. The molecule has 5 N–H and O–H groups in total. The Bertz CT molecular complexity index is 980. The van der Waals surface area contributed by atoms with Crippen molar-refractivity contribution in [3.63, 3.8) is 0 Å². The first-order chi connectivity index (χ1) is 14.2. The number of carbonyl (C=O) groups is 1. The van der Waals surface area contributed by atoms with Gasteiger partial charge in [-0.25, -0.2) is 4.39 Å². The third kappa shape index (κ3) is 6.49. The predicted molar refractivity (Wildman–Crippen MR) is 120 cm³/mol. The summed E-state index contributed by atoms with van der Waals surface area (Å²) in [4.78, 5) is 11.8. The van der Waals surface area contributed by atoms with Crippen molar-refractivity contribution >= 4 is 23.5 Å². The molecule has 1 atom stereocenters. The van der Waals surface area contributed by atoms with E-state index in [-0.39, 0.29) is 10.8 Å². The second-order valence-corrected chi connectivity index (χ2v) is 9.71. The number of amides is 1. The fourth-order valence-electron chi connectivity index (χ4n) is 2.64. The van der Waals surface area contributed by atoms with E-state index in [1.54, 1.807) is 65.8 Å². The summed E-state index contributed by atoms with van der Waals surface area (Å²) < 4.78 is 14.7. The number of aliphatic hydroxyl groups is 2. The van der Waals surface area contributed by atoms with Crippen molar-refractivity contribution in [2.75, 3.05) is 5.32 Å². The van der Waals surface area contributed by atoms with Gasteiger partial charge >= 0.3 is 0 Å². The van der Waals surface area contributed by atoms with Gasteiger partial charge in [0.15, 0.2) is 5.82 Å². The number of hydrogen-bond acceptors (Lipinski definition) is 7. The van der Waals surface area contributed by atoms with Crippen LogP contribution >= 0.6 is 11.8 Å². The van der Waals surface area contributed by atoms with Gasteiger partial charge < -0.3 is 21.3 Å². The minimum atomic E-state index is -1.15. The van der Waals surface area contributed by atoms with Crippen molar-refractivity contribution < 1.29 is 19.4 Å². The number of halogens is 1. The first-order valence-corrected chi connectivity index (χ1v) is 10.6. The molecule has 0 bridgehead atoms. The van der Waals surface area contributed by atoms with Crippen LogP contribution in [0, 0.1) is 5.82 Å². The molecule has 9 heteroatoms. The summed E-state index contributed by atoms with van der Waals surface area (Å²) >= 11 is 1.21. The molecule has 31 heavy (non-hydrogen) atoms. The van der Waals surface area contributed by atoms with Crippen LogP contribution in [0.1, 0.15) is 63.6 Å². The number of hydrogen-bond donors (Lipinski definition) is 4. The Labute approximate surface area is 186 Å². The molecule has 0 aliphatic rings. The summed E-state index contributed by atoms with van der Waals surface area (Å²) in [5.74, 6) is -0.729. The van der Waals surface area contributed by atoms with Crippen LogP contribution in [0.25, 0.3) is 0 Å². The van der Waals surface area contributed by atoms with Crippen LogP contribution in [-0.2, 0) is 16.0 Å². The van der Waals surface area contributed by atoms with Crippen LogP contribution in [0.4, 0.5) is 10.2 Å². The fraction of sp³-hybridized carbons (Fsp3) is 0.409. The van der Waals surface area contributed by atoms with Gasteiger partial charge in [0.05, 0.1) is 16.3 Å². The lowest BCUT2D eigenvalue weighted by Gasteiger charge is -2.21. The van der Waals surface area contributed by atoms with E-state index in [0.717, 1.165) is 0 Å². The number of primary amides is 1. The van der Waals surface area contributed by atoms with E-state index in [2.05, 4.69) is 15.5 Å². The molecule has 1 unspecified atom stereocenters. The molecule has 7 nitrogen and oxygen atoms in total. The lowest BCUT2D eigenvalue weighted by atomic mass is 9.96. The van der Waals surface area contributed by atoms with Crippen molar-refractivity contribution in [3.05, 3.63) is 63.6 Å². The Kier molecular flexibility index (Phi) is 7.46. The Balaban J connectivity index is 2.30. The van der Waals surface area contributed by atoms with Gasteiger partial charge in [0.1, 0.15) is 11.4 Å². The van der Waals surface area contributed by atoms with Gasteiger partial charge in [0.2, 0.25) is 5.91 Å². The SMILES string of the molecule is C/C(C(N)=O)=C(/Nc1ccc(C(C)(C)O)nn1)SC(C)c1ccc(C(C)(C)O)cc1F. The highest BCUT2D eigenvalue weighted by molar-refractivity contribution is 8.03. The zero-order valence-electron chi connectivity index (χ0n) is 18.5. The second kappa shape index (κ2) is 9.33.